The van der Waals surface area contributed by atoms with Crippen LogP contribution in [-0.2, 0) is 6.54 Å². The number of carbonyl (C=O) groups is 1. The average molecular weight is 281 g/mol. The predicted molar refractivity (Wildman–Crippen MR) is 83.6 cm³/mol. The first-order chi connectivity index (χ1) is 10.3. The van der Waals surface area contributed by atoms with E-state index in [-0.39, 0.29) is 0 Å². The summed E-state index contributed by atoms with van der Waals surface area (Å²) in [6.07, 6.45) is 2.47. The number of anilines is 1. The van der Waals surface area contributed by atoms with E-state index in [2.05, 4.69) is 45.1 Å². The molecule has 108 valence electrons. The largest absolute Gasteiger partial charge is 0.354 e. The van der Waals surface area contributed by atoms with Gasteiger partial charge < -0.3 is 4.90 Å². The number of aldehydes is 1. The monoisotopic (exact) mass is 281 g/mol. The summed E-state index contributed by atoms with van der Waals surface area (Å²) < 4.78 is 0. The van der Waals surface area contributed by atoms with Gasteiger partial charge >= 0.3 is 0 Å². The van der Waals surface area contributed by atoms with Gasteiger partial charge in [-0.3, -0.25) is 9.69 Å². The minimum atomic E-state index is 0.626. The number of rotatable bonds is 4. The van der Waals surface area contributed by atoms with E-state index in [0.29, 0.717) is 5.56 Å². The van der Waals surface area contributed by atoms with E-state index in [9.17, 15) is 4.79 Å². The fourth-order valence-electron chi connectivity index (χ4n) is 2.63. The molecule has 4 nitrogen and oxygen atoms in total. The molecule has 4 heteroatoms. The van der Waals surface area contributed by atoms with Gasteiger partial charge in [0, 0.05) is 44.5 Å². The van der Waals surface area contributed by atoms with Gasteiger partial charge in [0.15, 0.2) is 6.29 Å². The van der Waals surface area contributed by atoms with E-state index >= 15 is 0 Å². The summed E-state index contributed by atoms with van der Waals surface area (Å²) in [7, 11) is 0. The Labute approximate surface area is 125 Å². The lowest BCUT2D eigenvalue weighted by molar-refractivity contribution is 0.112. The molecule has 0 bridgehead atoms. The first-order valence-electron chi connectivity index (χ1n) is 7.27. The van der Waals surface area contributed by atoms with E-state index in [1.807, 2.05) is 12.1 Å². The molecule has 1 aromatic heterocycles. The zero-order chi connectivity index (χ0) is 14.5. The van der Waals surface area contributed by atoms with Gasteiger partial charge in [-0.05, 0) is 17.7 Å². The molecule has 0 saturated carbocycles. The number of carbonyl (C=O) groups excluding carboxylic acids is 1. The van der Waals surface area contributed by atoms with Crippen molar-refractivity contribution in [3.8, 4) is 0 Å². The molecule has 1 aliphatic rings. The highest BCUT2D eigenvalue weighted by Gasteiger charge is 2.17. The Bertz CT molecular complexity index is 575. The van der Waals surface area contributed by atoms with Crippen molar-refractivity contribution in [2.45, 2.75) is 6.54 Å². The summed E-state index contributed by atoms with van der Waals surface area (Å²) in [6, 6.07) is 14.3. The Morgan fingerprint density at radius 1 is 1.00 bits per heavy atom. The summed E-state index contributed by atoms with van der Waals surface area (Å²) in [5, 5.41) is 0. The quantitative estimate of drug-likeness (QED) is 0.805. The van der Waals surface area contributed by atoms with Gasteiger partial charge in [0.1, 0.15) is 5.82 Å². The van der Waals surface area contributed by atoms with Crippen molar-refractivity contribution in [3.63, 3.8) is 0 Å². The Hall–Kier alpha value is -2.20. The third-order valence-corrected chi connectivity index (χ3v) is 3.85. The number of hydrogen-bond donors (Lipinski definition) is 0. The van der Waals surface area contributed by atoms with E-state index in [1.165, 1.54) is 5.56 Å². The standard InChI is InChI=1S/C17H19N3O/c21-14-16-6-7-17(18-12-16)20-10-8-19(9-11-20)13-15-4-2-1-3-5-15/h1-7,12,14H,8-11,13H2. The first kappa shape index (κ1) is 13.8. The molecule has 0 radical (unpaired) electrons. The van der Waals surface area contributed by atoms with Crippen LogP contribution in [-0.4, -0.2) is 42.3 Å². The third-order valence-electron chi connectivity index (χ3n) is 3.85. The summed E-state index contributed by atoms with van der Waals surface area (Å²) in [5.74, 6) is 0.958. The molecule has 3 rings (SSSR count). The van der Waals surface area contributed by atoms with Crippen molar-refractivity contribution in [2.75, 3.05) is 31.1 Å². The van der Waals surface area contributed by atoms with Crippen LogP contribution in [0.2, 0.25) is 0 Å². The number of piperazine rings is 1. The molecule has 1 aliphatic heterocycles. The zero-order valence-electron chi connectivity index (χ0n) is 12.0. The highest BCUT2D eigenvalue weighted by atomic mass is 16.1. The van der Waals surface area contributed by atoms with E-state index < -0.39 is 0 Å². The van der Waals surface area contributed by atoms with Crippen LogP contribution in [0.1, 0.15) is 15.9 Å². The fourth-order valence-corrected chi connectivity index (χ4v) is 2.63. The maximum atomic E-state index is 10.7. The maximum absolute atomic E-state index is 10.7. The Morgan fingerprint density at radius 3 is 2.38 bits per heavy atom. The Balaban J connectivity index is 1.56. The number of hydrogen-bond acceptors (Lipinski definition) is 4. The number of pyridine rings is 1. The minimum Gasteiger partial charge on any atom is -0.354 e. The van der Waals surface area contributed by atoms with Crippen LogP contribution in [0.15, 0.2) is 48.7 Å². The molecule has 0 N–H and O–H groups in total. The lowest BCUT2D eigenvalue weighted by atomic mass is 10.2. The molecule has 2 heterocycles. The normalized spacial score (nSPS) is 15.9. The van der Waals surface area contributed by atoms with Crippen LogP contribution in [0.5, 0.6) is 0 Å². The van der Waals surface area contributed by atoms with Gasteiger partial charge in [0.2, 0.25) is 0 Å². The van der Waals surface area contributed by atoms with Gasteiger partial charge in [-0.15, -0.1) is 0 Å². The Kier molecular flexibility index (Phi) is 4.26. The van der Waals surface area contributed by atoms with Crippen molar-refractivity contribution in [2.24, 2.45) is 0 Å². The van der Waals surface area contributed by atoms with Crippen molar-refractivity contribution in [1.82, 2.24) is 9.88 Å². The van der Waals surface area contributed by atoms with Gasteiger partial charge in [-0.25, -0.2) is 4.98 Å². The topological polar surface area (TPSA) is 36.4 Å². The Morgan fingerprint density at radius 2 is 1.76 bits per heavy atom. The van der Waals surface area contributed by atoms with E-state index in [1.54, 1.807) is 6.20 Å². The lowest BCUT2D eigenvalue weighted by Gasteiger charge is -2.35. The molecule has 0 amide bonds. The maximum Gasteiger partial charge on any atom is 0.151 e. The predicted octanol–water partition coefficient (Wildman–Crippen LogP) is 2.22. The second-order valence-electron chi connectivity index (χ2n) is 5.32. The average Bonchev–Trinajstić information content (AvgIpc) is 2.57. The van der Waals surface area contributed by atoms with Gasteiger partial charge in [-0.2, -0.15) is 0 Å². The molecule has 1 fully saturated rings. The number of benzene rings is 1. The molecule has 0 spiro atoms. The van der Waals surface area contributed by atoms with Crippen molar-refractivity contribution in [1.29, 1.82) is 0 Å². The third kappa shape index (κ3) is 3.47. The molecule has 0 atom stereocenters. The van der Waals surface area contributed by atoms with Crippen LogP contribution in [0.4, 0.5) is 5.82 Å². The zero-order valence-corrected chi connectivity index (χ0v) is 12.0. The van der Waals surface area contributed by atoms with Crippen LogP contribution in [0.3, 0.4) is 0 Å². The summed E-state index contributed by atoms with van der Waals surface area (Å²) >= 11 is 0. The number of nitrogens with zero attached hydrogens (tertiary/aromatic N) is 3. The first-order valence-corrected chi connectivity index (χ1v) is 7.27. The summed E-state index contributed by atoms with van der Waals surface area (Å²) in [6.45, 7) is 5.02. The second-order valence-corrected chi connectivity index (χ2v) is 5.32. The van der Waals surface area contributed by atoms with Crippen molar-refractivity contribution in [3.05, 3.63) is 59.8 Å². The minimum absolute atomic E-state index is 0.626. The molecule has 0 aliphatic carbocycles. The summed E-state index contributed by atoms with van der Waals surface area (Å²) in [4.78, 5) is 19.7. The molecule has 0 unspecified atom stereocenters. The van der Waals surface area contributed by atoms with Gasteiger partial charge in [-0.1, -0.05) is 30.3 Å². The second kappa shape index (κ2) is 6.50. The highest BCUT2D eigenvalue weighted by Crippen LogP contribution is 2.15. The molecule has 1 aromatic carbocycles. The smallest absolute Gasteiger partial charge is 0.151 e. The van der Waals surface area contributed by atoms with Crippen LogP contribution >= 0.6 is 0 Å². The fraction of sp³-hybridized carbons (Fsp3) is 0.294. The molecule has 2 aromatic rings. The van der Waals surface area contributed by atoms with Crippen molar-refractivity contribution < 1.29 is 4.79 Å². The molecule has 21 heavy (non-hydrogen) atoms. The summed E-state index contributed by atoms with van der Waals surface area (Å²) in [5.41, 5.74) is 1.99. The van der Waals surface area contributed by atoms with Crippen LogP contribution < -0.4 is 4.90 Å². The van der Waals surface area contributed by atoms with Crippen LogP contribution in [0.25, 0.3) is 0 Å². The molecular formula is C17H19N3O. The van der Waals surface area contributed by atoms with E-state index in [4.69, 9.17) is 0 Å². The highest BCUT2D eigenvalue weighted by molar-refractivity contribution is 5.74. The molecular weight excluding hydrogens is 262 g/mol. The lowest BCUT2D eigenvalue weighted by Crippen LogP contribution is -2.46. The van der Waals surface area contributed by atoms with E-state index in [0.717, 1.165) is 44.8 Å². The van der Waals surface area contributed by atoms with Crippen molar-refractivity contribution >= 4 is 12.1 Å². The number of aromatic nitrogens is 1. The van der Waals surface area contributed by atoms with Crippen LogP contribution in [0, 0.1) is 0 Å². The van der Waals surface area contributed by atoms with Gasteiger partial charge in [0.25, 0.3) is 0 Å². The molecule has 1 saturated heterocycles. The van der Waals surface area contributed by atoms with Gasteiger partial charge in [0.05, 0.1) is 0 Å². The SMILES string of the molecule is O=Cc1ccc(N2CCN(Cc3ccccc3)CC2)nc1.